The van der Waals surface area contributed by atoms with E-state index in [-0.39, 0.29) is 28.8 Å². The zero-order chi connectivity index (χ0) is 23.6. The van der Waals surface area contributed by atoms with E-state index in [4.69, 9.17) is 4.52 Å². The van der Waals surface area contributed by atoms with Gasteiger partial charge in [0, 0.05) is 44.2 Å². The van der Waals surface area contributed by atoms with Crippen molar-refractivity contribution in [3.8, 4) is 11.3 Å². The maximum atomic E-state index is 14.0. The van der Waals surface area contributed by atoms with E-state index in [2.05, 4.69) is 5.16 Å². The van der Waals surface area contributed by atoms with Crippen molar-refractivity contribution >= 4 is 21.4 Å². The average molecular weight is 472 g/mol. The van der Waals surface area contributed by atoms with Gasteiger partial charge in [0.2, 0.25) is 5.91 Å². The van der Waals surface area contributed by atoms with Gasteiger partial charge in [-0.2, -0.15) is 0 Å². The lowest BCUT2D eigenvalue weighted by Gasteiger charge is -2.36. The standard InChI is InChI=1S/C24H26FN3O4S/c1-17-7-8-19(22-15-18(2)26-32-22)16-23(17)33(30,31)14-9-24(29)28-12-10-27(11-13-28)21-6-4-3-5-20(21)25/h3-8,15-16H,9-14H2,1-2H3. The molecule has 1 aliphatic rings. The number of para-hydroxylation sites is 1. The number of halogens is 1. The molecule has 1 aromatic heterocycles. The third-order valence-corrected chi connectivity index (χ3v) is 7.70. The number of anilines is 1. The molecular weight excluding hydrogens is 445 g/mol. The Labute approximate surface area is 192 Å². The summed E-state index contributed by atoms with van der Waals surface area (Å²) >= 11 is 0. The van der Waals surface area contributed by atoms with Crippen LogP contribution in [-0.4, -0.2) is 56.3 Å². The number of sulfone groups is 1. The molecule has 3 aromatic rings. The van der Waals surface area contributed by atoms with E-state index in [1.807, 2.05) is 4.90 Å². The number of carbonyl (C=O) groups is 1. The second-order valence-electron chi connectivity index (χ2n) is 8.20. The van der Waals surface area contributed by atoms with Crippen LogP contribution >= 0.6 is 0 Å². The van der Waals surface area contributed by atoms with E-state index in [1.165, 1.54) is 6.07 Å². The number of rotatable bonds is 6. The Morgan fingerprint density at radius 3 is 2.45 bits per heavy atom. The van der Waals surface area contributed by atoms with Crippen molar-refractivity contribution in [3.63, 3.8) is 0 Å². The number of amides is 1. The maximum absolute atomic E-state index is 14.0. The molecule has 9 heteroatoms. The highest BCUT2D eigenvalue weighted by Gasteiger charge is 2.25. The van der Waals surface area contributed by atoms with Crippen LogP contribution in [0.25, 0.3) is 11.3 Å². The molecular formula is C24H26FN3O4S. The van der Waals surface area contributed by atoms with E-state index < -0.39 is 9.84 Å². The van der Waals surface area contributed by atoms with E-state index in [0.29, 0.717) is 54.4 Å². The summed E-state index contributed by atoms with van der Waals surface area (Å²) in [5, 5.41) is 3.85. The first-order valence-corrected chi connectivity index (χ1v) is 12.4. The third kappa shape index (κ3) is 5.08. The number of piperazine rings is 1. The number of hydrogen-bond acceptors (Lipinski definition) is 6. The van der Waals surface area contributed by atoms with Gasteiger partial charge in [0.05, 0.1) is 22.0 Å². The Kier molecular flexibility index (Phi) is 6.51. The van der Waals surface area contributed by atoms with Crippen LogP contribution in [0.1, 0.15) is 17.7 Å². The molecule has 1 saturated heterocycles. The molecule has 1 amide bonds. The minimum Gasteiger partial charge on any atom is -0.366 e. The van der Waals surface area contributed by atoms with Gasteiger partial charge in [-0.25, -0.2) is 12.8 Å². The topological polar surface area (TPSA) is 83.7 Å². The van der Waals surface area contributed by atoms with Gasteiger partial charge >= 0.3 is 0 Å². The molecule has 2 heterocycles. The smallest absolute Gasteiger partial charge is 0.223 e. The summed E-state index contributed by atoms with van der Waals surface area (Å²) in [6.07, 6.45) is -0.104. The molecule has 1 aliphatic heterocycles. The van der Waals surface area contributed by atoms with Crippen LogP contribution in [0.4, 0.5) is 10.1 Å². The molecule has 4 rings (SSSR count). The van der Waals surface area contributed by atoms with E-state index in [9.17, 15) is 17.6 Å². The second kappa shape index (κ2) is 9.35. The normalized spacial score (nSPS) is 14.5. The van der Waals surface area contributed by atoms with Crippen molar-refractivity contribution in [3.05, 3.63) is 65.6 Å². The first kappa shape index (κ1) is 23.0. The third-order valence-electron chi connectivity index (χ3n) is 5.85. The van der Waals surface area contributed by atoms with E-state index in [1.54, 1.807) is 61.2 Å². The summed E-state index contributed by atoms with van der Waals surface area (Å²) < 4.78 is 45.3. The average Bonchev–Trinajstić information content (AvgIpc) is 3.24. The van der Waals surface area contributed by atoms with Gasteiger partial charge in [0.15, 0.2) is 15.6 Å². The van der Waals surface area contributed by atoms with Crippen molar-refractivity contribution in [1.29, 1.82) is 0 Å². The zero-order valence-corrected chi connectivity index (χ0v) is 19.4. The van der Waals surface area contributed by atoms with Crippen molar-refractivity contribution in [2.75, 3.05) is 36.8 Å². The van der Waals surface area contributed by atoms with Gasteiger partial charge in [0.1, 0.15) is 5.82 Å². The minimum absolute atomic E-state index is 0.104. The summed E-state index contributed by atoms with van der Waals surface area (Å²) in [4.78, 5) is 16.4. The van der Waals surface area contributed by atoms with E-state index in [0.717, 1.165) is 0 Å². The SMILES string of the molecule is Cc1cc(-c2ccc(C)c(S(=O)(=O)CCC(=O)N3CCN(c4ccccc4F)CC3)c2)on1. The fourth-order valence-corrected chi connectivity index (χ4v) is 5.51. The summed E-state index contributed by atoms with van der Waals surface area (Å²) in [5.74, 6) is -0.292. The molecule has 174 valence electrons. The summed E-state index contributed by atoms with van der Waals surface area (Å²) in [5.41, 5.74) is 2.46. The van der Waals surface area contributed by atoms with Gasteiger partial charge in [0.25, 0.3) is 0 Å². The Morgan fingerprint density at radius 1 is 1.06 bits per heavy atom. The summed E-state index contributed by atoms with van der Waals surface area (Å²) in [6.45, 7) is 5.36. The van der Waals surface area contributed by atoms with Gasteiger partial charge in [-0.1, -0.05) is 29.4 Å². The molecule has 1 fully saturated rings. The number of carbonyl (C=O) groups excluding carboxylic acids is 1. The fourth-order valence-electron chi connectivity index (χ4n) is 3.98. The number of nitrogens with zero attached hydrogens (tertiary/aromatic N) is 3. The van der Waals surface area contributed by atoms with Gasteiger partial charge in [-0.15, -0.1) is 0 Å². The molecule has 0 N–H and O–H groups in total. The van der Waals surface area contributed by atoms with Crippen LogP contribution in [0.2, 0.25) is 0 Å². The highest BCUT2D eigenvalue weighted by Crippen LogP contribution is 2.27. The first-order valence-electron chi connectivity index (χ1n) is 10.8. The lowest BCUT2D eigenvalue weighted by molar-refractivity contribution is -0.131. The largest absolute Gasteiger partial charge is 0.366 e. The zero-order valence-electron chi connectivity index (χ0n) is 18.6. The molecule has 0 radical (unpaired) electrons. The molecule has 0 unspecified atom stereocenters. The fraction of sp³-hybridized carbons (Fsp3) is 0.333. The second-order valence-corrected chi connectivity index (χ2v) is 10.3. The van der Waals surface area contributed by atoms with Crippen LogP contribution in [0.15, 0.2) is 57.9 Å². The molecule has 33 heavy (non-hydrogen) atoms. The highest BCUT2D eigenvalue weighted by atomic mass is 32.2. The van der Waals surface area contributed by atoms with E-state index >= 15 is 0 Å². The van der Waals surface area contributed by atoms with Crippen molar-refractivity contribution in [1.82, 2.24) is 10.1 Å². The van der Waals surface area contributed by atoms with Crippen LogP contribution in [0.5, 0.6) is 0 Å². The Balaban J connectivity index is 1.39. The Hall–Kier alpha value is -3.20. The van der Waals surface area contributed by atoms with Gasteiger partial charge in [-0.05, 0) is 37.6 Å². The van der Waals surface area contributed by atoms with Gasteiger partial charge in [-0.3, -0.25) is 4.79 Å². The molecule has 0 atom stereocenters. The van der Waals surface area contributed by atoms with Crippen LogP contribution in [0.3, 0.4) is 0 Å². The molecule has 7 nitrogen and oxygen atoms in total. The Morgan fingerprint density at radius 2 is 1.79 bits per heavy atom. The monoisotopic (exact) mass is 471 g/mol. The minimum atomic E-state index is -3.68. The number of hydrogen-bond donors (Lipinski definition) is 0. The number of aromatic nitrogens is 1. The molecule has 0 saturated carbocycles. The van der Waals surface area contributed by atoms with Crippen LogP contribution in [0, 0.1) is 19.7 Å². The van der Waals surface area contributed by atoms with Crippen molar-refractivity contribution in [2.45, 2.75) is 25.2 Å². The van der Waals surface area contributed by atoms with Gasteiger partial charge < -0.3 is 14.3 Å². The number of benzene rings is 2. The maximum Gasteiger partial charge on any atom is 0.223 e. The lowest BCUT2D eigenvalue weighted by Crippen LogP contribution is -2.49. The van der Waals surface area contributed by atoms with Crippen molar-refractivity contribution in [2.24, 2.45) is 0 Å². The number of aryl methyl sites for hydroxylation is 2. The lowest BCUT2D eigenvalue weighted by atomic mass is 10.1. The molecule has 0 aliphatic carbocycles. The summed E-state index contributed by atoms with van der Waals surface area (Å²) in [7, 11) is -3.68. The Bertz CT molecular complexity index is 1260. The van der Waals surface area contributed by atoms with Crippen LogP contribution < -0.4 is 4.90 Å². The summed E-state index contributed by atoms with van der Waals surface area (Å²) in [6, 6.07) is 13.4. The molecule has 2 aromatic carbocycles. The van der Waals surface area contributed by atoms with Crippen LogP contribution in [-0.2, 0) is 14.6 Å². The molecule has 0 bridgehead atoms. The first-order chi connectivity index (χ1) is 15.7. The quantitative estimate of drug-likeness (QED) is 0.546. The molecule has 0 spiro atoms. The van der Waals surface area contributed by atoms with Crippen molar-refractivity contribution < 1.29 is 22.1 Å². The predicted molar refractivity (Wildman–Crippen MR) is 123 cm³/mol. The predicted octanol–water partition coefficient (Wildman–Crippen LogP) is 3.61. The highest BCUT2D eigenvalue weighted by molar-refractivity contribution is 7.91.